The third-order valence-corrected chi connectivity index (χ3v) is 3.66. The molecule has 0 spiro atoms. The normalized spacial score (nSPS) is 10.4. The van der Waals surface area contributed by atoms with E-state index in [1.54, 1.807) is 13.2 Å². The zero-order valence-electron chi connectivity index (χ0n) is 10.5. The Labute approximate surface area is 132 Å². The molecular weight excluding hydrogens is 396 g/mol. The van der Waals surface area contributed by atoms with E-state index < -0.39 is 11.6 Å². The highest BCUT2D eigenvalue weighted by molar-refractivity contribution is 9.10. The SMILES string of the molecule is COc1ccc(Br)cc1CNc1c(F)cc(Br)cc1F. The molecule has 2 aromatic rings. The van der Waals surface area contributed by atoms with Gasteiger partial charge in [-0.3, -0.25) is 0 Å². The van der Waals surface area contributed by atoms with Gasteiger partial charge >= 0.3 is 0 Å². The van der Waals surface area contributed by atoms with Gasteiger partial charge in [-0.2, -0.15) is 0 Å². The van der Waals surface area contributed by atoms with Crippen LogP contribution in [0.15, 0.2) is 39.3 Å². The number of rotatable bonds is 4. The maximum atomic E-state index is 13.7. The van der Waals surface area contributed by atoms with E-state index in [9.17, 15) is 8.78 Å². The molecule has 0 aromatic heterocycles. The van der Waals surface area contributed by atoms with Crippen molar-refractivity contribution < 1.29 is 13.5 Å². The molecule has 0 aliphatic heterocycles. The van der Waals surface area contributed by atoms with Gasteiger partial charge in [-0.25, -0.2) is 8.78 Å². The number of hydrogen-bond donors (Lipinski definition) is 1. The van der Waals surface area contributed by atoms with Crippen molar-refractivity contribution in [2.75, 3.05) is 12.4 Å². The van der Waals surface area contributed by atoms with Crippen LogP contribution >= 0.6 is 31.9 Å². The van der Waals surface area contributed by atoms with Gasteiger partial charge in [0, 0.05) is 21.1 Å². The molecule has 106 valence electrons. The highest BCUT2D eigenvalue weighted by Crippen LogP contribution is 2.27. The highest BCUT2D eigenvalue weighted by Gasteiger charge is 2.11. The van der Waals surface area contributed by atoms with E-state index in [0.29, 0.717) is 10.2 Å². The van der Waals surface area contributed by atoms with E-state index in [1.807, 2.05) is 12.1 Å². The van der Waals surface area contributed by atoms with Crippen LogP contribution in [0.5, 0.6) is 5.75 Å². The second-order valence-electron chi connectivity index (χ2n) is 4.05. The molecule has 2 aromatic carbocycles. The molecular formula is C14H11Br2F2NO. The molecule has 1 N–H and O–H groups in total. The average Bonchev–Trinajstić information content (AvgIpc) is 2.37. The Balaban J connectivity index is 2.23. The van der Waals surface area contributed by atoms with E-state index in [-0.39, 0.29) is 12.2 Å². The molecule has 2 nitrogen and oxygen atoms in total. The Kier molecular flexibility index (Phi) is 4.99. The summed E-state index contributed by atoms with van der Waals surface area (Å²) < 4.78 is 33.8. The zero-order chi connectivity index (χ0) is 14.7. The Morgan fingerprint density at radius 2 is 1.70 bits per heavy atom. The molecule has 0 bridgehead atoms. The summed E-state index contributed by atoms with van der Waals surface area (Å²) in [6.07, 6.45) is 0. The van der Waals surface area contributed by atoms with Crippen LogP contribution in [0.2, 0.25) is 0 Å². The molecule has 0 saturated carbocycles. The fourth-order valence-corrected chi connectivity index (χ4v) is 2.59. The number of anilines is 1. The predicted molar refractivity (Wildman–Crippen MR) is 82.1 cm³/mol. The fraction of sp³-hybridized carbons (Fsp3) is 0.143. The summed E-state index contributed by atoms with van der Waals surface area (Å²) in [4.78, 5) is 0. The lowest BCUT2D eigenvalue weighted by atomic mass is 10.2. The van der Waals surface area contributed by atoms with Crippen LogP contribution in [0.1, 0.15) is 5.56 Å². The smallest absolute Gasteiger partial charge is 0.150 e. The number of nitrogens with one attached hydrogen (secondary N) is 1. The van der Waals surface area contributed by atoms with Crippen LogP contribution in [0.25, 0.3) is 0 Å². The minimum absolute atomic E-state index is 0.157. The monoisotopic (exact) mass is 405 g/mol. The van der Waals surface area contributed by atoms with Crippen LogP contribution in [-0.4, -0.2) is 7.11 Å². The molecule has 0 radical (unpaired) electrons. The van der Waals surface area contributed by atoms with Crippen molar-refractivity contribution in [3.05, 3.63) is 56.5 Å². The third kappa shape index (κ3) is 3.49. The Morgan fingerprint density at radius 1 is 1.05 bits per heavy atom. The Morgan fingerprint density at radius 3 is 2.30 bits per heavy atom. The van der Waals surface area contributed by atoms with Gasteiger partial charge in [-0.1, -0.05) is 31.9 Å². The van der Waals surface area contributed by atoms with Gasteiger partial charge in [0.05, 0.1) is 7.11 Å². The molecule has 20 heavy (non-hydrogen) atoms. The molecule has 0 fully saturated rings. The summed E-state index contributed by atoms with van der Waals surface area (Å²) in [5.41, 5.74) is 0.638. The van der Waals surface area contributed by atoms with Gasteiger partial charge in [0.25, 0.3) is 0 Å². The summed E-state index contributed by atoms with van der Waals surface area (Å²) in [6.45, 7) is 0.248. The van der Waals surface area contributed by atoms with Gasteiger partial charge in [-0.15, -0.1) is 0 Å². The highest BCUT2D eigenvalue weighted by atomic mass is 79.9. The van der Waals surface area contributed by atoms with Crippen LogP contribution in [0.4, 0.5) is 14.5 Å². The van der Waals surface area contributed by atoms with Crippen molar-refractivity contribution in [2.24, 2.45) is 0 Å². The maximum Gasteiger partial charge on any atom is 0.150 e. The zero-order valence-corrected chi connectivity index (χ0v) is 13.7. The Hall–Kier alpha value is -1.14. The molecule has 2 rings (SSSR count). The first kappa shape index (κ1) is 15.3. The average molecular weight is 407 g/mol. The second kappa shape index (κ2) is 6.54. The summed E-state index contributed by atoms with van der Waals surface area (Å²) in [7, 11) is 1.55. The van der Waals surface area contributed by atoms with Crippen molar-refractivity contribution in [1.82, 2.24) is 0 Å². The standard InChI is InChI=1S/C14H11Br2F2NO/c1-20-13-3-2-9(15)4-8(13)7-19-14-11(17)5-10(16)6-12(14)18/h2-6,19H,7H2,1H3. The van der Waals surface area contributed by atoms with Crippen molar-refractivity contribution in [3.8, 4) is 5.75 Å². The van der Waals surface area contributed by atoms with Crippen molar-refractivity contribution in [1.29, 1.82) is 0 Å². The molecule has 0 aliphatic carbocycles. The molecule has 0 aliphatic rings. The lowest BCUT2D eigenvalue weighted by molar-refractivity contribution is 0.410. The van der Waals surface area contributed by atoms with Crippen LogP contribution in [-0.2, 0) is 6.54 Å². The third-order valence-electron chi connectivity index (χ3n) is 2.70. The fourth-order valence-electron chi connectivity index (χ4n) is 1.78. The predicted octanol–water partition coefficient (Wildman–Crippen LogP) is 5.11. The number of benzene rings is 2. The van der Waals surface area contributed by atoms with Gasteiger partial charge in [0.1, 0.15) is 23.1 Å². The summed E-state index contributed by atoms with van der Waals surface area (Å²) >= 11 is 6.39. The summed E-state index contributed by atoms with van der Waals surface area (Å²) in [5.74, 6) is -0.643. The van der Waals surface area contributed by atoms with E-state index >= 15 is 0 Å². The van der Waals surface area contributed by atoms with E-state index in [1.165, 1.54) is 12.1 Å². The van der Waals surface area contributed by atoms with Gasteiger partial charge in [0.15, 0.2) is 0 Å². The van der Waals surface area contributed by atoms with Gasteiger partial charge < -0.3 is 10.1 Å². The minimum Gasteiger partial charge on any atom is -0.496 e. The number of ether oxygens (including phenoxy) is 1. The first-order chi connectivity index (χ1) is 9.51. The van der Waals surface area contributed by atoms with Gasteiger partial charge in [-0.05, 0) is 30.3 Å². The minimum atomic E-state index is -0.647. The first-order valence-corrected chi connectivity index (χ1v) is 7.30. The maximum absolute atomic E-state index is 13.7. The quantitative estimate of drug-likeness (QED) is 0.761. The van der Waals surface area contributed by atoms with E-state index in [0.717, 1.165) is 10.0 Å². The first-order valence-electron chi connectivity index (χ1n) is 5.72. The largest absolute Gasteiger partial charge is 0.496 e. The summed E-state index contributed by atoms with van der Waals surface area (Å²) in [6, 6.07) is 7.88. The Bertz CT molecular complexity index is 612. The molecule has 0 amide bonds. The lowest BCUT2D eigenvalue weighted by Gasteiger charge is -2.12. The van der Waals surface area contributed by atoms with E-state index in [2.05, 4.69) is 37.2 Å². The number of hydrogen-bond acceptors (Lipinski definition) is 2. The second-order valence-corrected chi connectivity index (χ2v) is 5.89. The van der Waals surface area contributed by atoms with Crippen molar-refractivity contribution in [2.45, 2.75) is 6.54 Å². The lowest BCUT2D eigenvalue weighted by Crippen LogP contribution is -2.05. The van der Waals surface area contributed by atoms with E-state index in [4.69, 9.17) is 4.74 Å². The van der Waals surface area contributed by atoms with Crippen LogP contribution in [0.3, 0.4) is 0 Å². The topological polar surface area (TPSA) is 21.3 Å². The number of halogens is 4. The van der Waals surface area contributed by atoms with Crippen LogP contribution < -0.4 is 10.1 Å². The molecule has 6 heteroatoms. The molecule has 0 saturated heterocycles. The van der Waals surface area contributed by atoms with Gasteiger partial charge in [0.2, 0.25) is 0 Å². The molecule has 0 heterocycles. The van der Waals surface area contributed by atoms with Crippen LogP contribution in [0, 0.1) is 11.6 Å². The summed E-state index contributed by atoms with van der Waals surface area (Å²) in [5, 5.41) is 2.76. The molecule has 0 atom stereocenters. The van der Waals surface area contributed by atoms with Crippen molar-refractivity contribution in [3.63, 3.8) is 0 Å². The number of methoxy groups -OCH3 is 1. The molecule has 0 unspecified atom stereocenters. The van der Waals surface area contributed by atoms with Crippen molar-refractivity contribution >= 4 is 37.5 Å².